The summed E-state index contributed by atoms with van der Waals surface area (Å²) >= 11 is 1.31. The van der Waals surface area contributed by atoms with Crippen LogP contribution in [0.4, 0.5) is 17.1 Å². The van der Waals surface area contributed by atoms with Gasteiger partial charge < -0.3 is 15.4 Å². The Kier molecular flexibility index (Phi) is 6.73. The number of thiophene rings is 1. The van der Waals surface area contributed by atoms with Crippen molar-refractivity contribution in [3.05, 3.63) is 86.1 Å². The number of ether oxygens (including phenoxy) is 1. The molecule has 0 saturated carbocycles. The van der Waals surface area contributed by atoms with Crippen molar-refractivity contribution in [3.8, 4) is 0 Å². The number of hydrogen-bond acceptors (Lipinski definition) is 7. The van der Waals surface area contributed by atoms with Gasteiger partial charge in [0.25, 0.3) is 17.5 Å². The highest BCUT2D eigenvalue weighted by molar-refractivity contribution is 7.12. The third kappa shape index (κ3) is 5.73. The number of benzene rings is 2. The smallest absolute Gasteiger partial charge is 0.338 e. The molecule has 0 spiro atoms. The van der Waals surface area contributed by atoms with Crippen molar-refractivity contribution in [2.75, 3.05) is 17.2 Å². The van der Waals surface area contributed by atoms with Gasteiger partial charge in [-0.2, -0.15) is 0 Å². The lowest BCUT2D eigenvalue weighted by Crippen LogP contribution is -2.21. The number of anilines is 2. The number of rotatable bonds is 7. The molecule has 2 aromatic carbocycles. The number of hydrogen-bond donors (Lipinski definition) is 2. The van der Waals surface area contributed by atoms with Crippen LogP contribution >= 0.6 is 11.3 Å². The van der Waals surface area contributed by atoms with E-state index in [1.165, 1.54) is 41.7 Å². The van der Waals surface area contributed by atoms with Crippen LogP contribution in [0.1, 0.15) is 25.6 Å². The molecular formula is C21H17N3O6S. The predicted octanol–water partition coefficient (Wildman–Crippen LogP) is 4.01. The molecule has 1 aromatic heterocycles. The summed E-state index contributed by atoms with van der Waals surface area (Å²) in [6, 6.07) is 13.8. The fourth-order valence-corrected chi connectivity index (χ4v) is 3.20. The van der Waals surface area contributed by atoms with Crippen LogP contribution in [0.2, 0.25) is 0 Å². The number of nitro benzene ring substituents is 1. The summed E-state index contributed by atoms with van der Waals surface area (Å²) < 4.78 is 4.97. The van der Waals surface area contributed by atoms with E-state index in [2.05, 4.69) is 10.6 Å². The first kappa shape index (κ1) is 21.7. The molecule has 0 atom stereocenters. The molecule has 9 nitrogen and oxygen atoms in total. The molecule has 0 bridgehead atoms. The second kappa shape index (κ2) is 9.63. The number of carbonyl (C=O) groups is 3. The molecule has 0 aliphatic rings. The summed E-state index contributed by atoms with van der Waals surface area (Å²) in [7, 11) is 0. The minimum Gasteiger partial charge on any atom is -0.452 e. The van der Waals surface area contributed by atoms with E-state index in [4.69, 9.17) is 4.74 Å². The van der Waals surface area contributed by atoms with Gasteiger partial charge in [0.1, 0.15) is 0 Å². The number of esters is 1. The largest absolute Gasteiger partial charge is 0.452 e. The number of nitrogens with one attached hydrogen (secondary N) is 2. The lowest BCUT2D eigenvalue weighted by Gasteiger charge is -2.08. The zero-order chi connectivity index (χ0) is 22.4. The lowest BCUT2D eigenvalue weighted by molar-refractivity contribution is -0.385. The van der Waals surface area contributed by atoms with Crippen molar-refractivity contribution in [2.45, 2.75) is 6.92 Å². The molecule has 158 valence electrons. The Hall–Kier alpha value is -4.05. The average molecular weight is 439 g/mol. The Bertz CT molecular complexity index is 1130. The van der Waals surface area contributed by atoms with Gasteiger partial charge in [-0.3, -0.25) is 19.7 Å². The molecule has 0 fully saturated rings. The Morgan fingerprint density at radius 1 is 1.03 bits per heavy atom. The molecule has 3 rings (SSSR count). The summed E-state index contributed by atoms with van der Waals surface area (Å²) in [6.07, 6.45) is 0. The van der Waals surface area contributed by atoms with Crippen molar-refractivity contribution in [3.63, 3.8) is 0 Å². The molecule has 10 heteroatoms. The first-order chi connectivity index (χ1) is 14.8. The van der Waals surface area contributed by atoms with Gasteiger partial charge in [0.15, 0.2) is 6.61 Å². The van der Waals surface area contributed by atoms with Gasteiger partial charge in [-0.15, -0.1) is 11.3 Å². The maximum absolute atomic E-state index is 12.1. The van der Waals surface area contributed by atoms with Crippen LogP contribution in [-0.4, -0.2) is 29.3 Å². The van der Waals surface area contributed by atoms with Crippen LogP contribution in [0.15, 0.2) is 60.0 Å². The summed E-state index contributed by atoms with van der Waals surface area (Å²) in [5.41, 5.74) is 1.27. The second-order valence-corrected chi connectivity index (χ2v) is 7.34. The minimum atomic E-state index is -0.721. The maximum Gasteiger partial charge on any atom is 0.338 e. The lowest BCUT2D eigenvalue weighted by atomic mass is 10.2. The van der Waals surface area contributed by atoms with Crippen LogP contribution in [-0.2, 0) is 9.53 Å². The molecule has 0 aliphatic heterocycles. The van der Waals surface area contributed by atoms with Gasteiger partial charge in [0, 0.05) is 23.0 Å². The Morgan fingerprint density at radius 2 is 1.74 bits per heavy atom. The van der Waals surface area contributed by atoms with Crippen molar-refractivity contribution in [2.24, 2.45) is 0 Å². The molecule has 0 radical (unpaired) electrons. The molecule has 3 aromatic rings. The van der Waals surface area contributed by atoms with E-state index in [9.17, 15) is 24.5 Å². The Morgan fingerprint density at radius 3 is 2.39 bits per heavy atom. The molecule has 2 N–H and O–H groups in total. The Balaban J connectivity index is 1.52. The highest BCUT2D eigenvalue weighted by Gasteiger charge is 2.14. The molecule has 0 saturated heterocycles. The summed E-state index contributed by atoms with van der Waals surface area (Å²) in [5.74, 6) is -1.61. The van der Waals surface area contributed by atoms with E-state index in [-0.39, 0.29) is 22.8 Å². The number of aryl methyl sites for hydroxylation is 1. The standard InChI is InChI=1S/C21H17N3O6S/c1-13-4-7-16(11-17(13)24(28)29)22-19(25)12-30-21(27)14-5-8-15(9-6-14)23-20(26)18-3-2-10-31-18/h2-11H,12H2,1H3,(H,22,25)(H,23,26). The van der Waals surface area contributed by atoms with Crippen LogP contribution in [0, 0.1) is 17.0 Å². The van der Waals surface area contributed by atoms with Crippen LogP contribution < -0.4 is 10.6 Å². The van der Waals surface area contributed by atoms with Gasteiger partial charge in [-0.25, -0.2) is 4.79 Å². The van der Waals surface area contributed by atoms with Gasteiger partial charge in [-0.1, -0.05) is 12.1 Å². The highest BCUT2D eigenvalue weighted by Crippen LogP contribution is 2.22. The monoisotopic (exact) mass is 439 g/mol. The highest BCUT2D eigenvalue weighted by atomic mass is 32.1. The first-order valence-corrected chi connectivity index (χ1v) is 9.88. The molecule has 1 heterocycles. The predicted molar refractivity (Wildman–Crippen MR) is 115 cm³/mol. The van der Waals surface area contributed by atoms with E-state index in [0.717, 1.165) is 0 Å². The van der Waals surface area contributed by atoms with Gasteiger partial charge in [0.2, 0.25) is 0 Å². The van der Waals surface area contributed by atoms with Gasteiger partial charge >= 0.3 is 5.97 Å². The van der Waals surface area contributed by atoms with Gasteiger partial charge in [0.05, 0.1) is 15.4 Å². The van der Waals surface area contributed by atoms with E-state index in [1.807, 2.05) is 0 Å². The molecule has 31 heavy (non-hydrogen) atoms. The van der Waals surface area contributed by atoms with Crippen molar-refractivity contribution >= 4 is 46.2 Å². The zero-order valence-corrected chi connectivity index (χ0v) is 17.1. The van der Waals surface area contributed by atoms with E-state index >= 15 is 0 Å². The number of carbonyl (C=O) groups excluding carboxylic acids is 3. The zero-order valence-electron chi connectivity index (χ0n) is 16.3. The number of amides is 2. The third-order valence-corrected chi connectivity index (χ3v) is 5.02. The number of nitro groups is 1. The first-order valence-electron chi connectivity index (χ1n) is 9.00. The topological polar surface area (TPSA) is 128 Å². The van der Waals surface area contributed by atoms with E-state index in [1.54, 1.807) is 36.6 Å². The van der Waals surface area contributed by atoms with Gasteiger partial charge in [-0.05, 0) is 48.7 Å². The summed E-state index contributed by atoms with van der Waals surface area (Å²) in [4.78, 5) is 47.1. The fourth-order valence-electron chi connectivity index (χ4n) is 2.59. The van der Waals surface area contributed by atoms with Crippen LogP contribution in [0.25, 0.3) is 0 Å². The normalized spacial score (nSPS) is 10.2. The molecule has 0 unspecified atom stereocenters. The average Bonchev–Trinajstić information content (AvgIpc) is 3.29. The Labute approximate surface area is 180 Å². The summed E-state index contributed by atoms with van der Waals surface area (Å²) in [6.45, 7) is 1.03. The van der Waals surface area contributed by atoms with Crippen molar-refractivity contribution in [1.82, 2.24) is 0 Å². The van der Waals surface area contributed by atoms with Crippen molar-refractivity contribution in [1.29, 1.82) is 0 Å². The number of nitrogens with zero attached hydrogens (tertiary/aromatic N) is 1. The quantitative estimate of drug-likeness (QED) is 0.325. The second-order valence-electron chi connectivity index (χ2n) is 6.39. The molecular weight excluding hydrogens is 422 g/mol. The van der Waals surface area contributed by atoms with Crippen LogP contribution in [0.3, 0.4) is 0 Å². The minimum absolute atomic E-state index is 0.124. The van der Waals surface area contributed by atoms with E-state index in [0.29, 0.717) is 16.1 Å². The SMILES string of the molecule is Cc1ccc(NC(=O)COC(=O)c2ccc(NC(=O)c3cccs3)cc2)cc1[N+](=O)[O-]. The summed E-state index contributed by atoms with van der Waals surface area (Å²) in [5, 5.41) is 17.9. The third-order valence-electron chi connectivity index (χ3n) is 4.15. The molecule has 2 amide bonds. The fraction of sp³-hybridized carbons (Fsp3) is 0.0952. The van der Waals surface area contributed by atoms with E-state index < -0.39 is 23.4 Å². The molecule has 0 aliphatic carbocycles. The van der Waals surface area contributed by atoms with Crippen molar-refractivity contribution < 1.29 is 24.0 Å². The maximum atomic E-state index is 12.1. The van der Waals surface area contributed by atoms with Crippen LogP contribution in [0.5, 0.6) is 0 Å².